The molecule has 0 spiro atoms. The second kappa shape index (κ2) is 17.1. The molecule has 1 saturated heterocycles. The molecular formula is C38H52ClN3O7. The van der Waals surface area contributed by atoms with Crippen LogP contribution < -0.4 is 15.4 Å². The second-order valence-corrected chi connectivity index (χ2v) is 14.5. The Morgan fingerprint density at radius 1 is 0.898 bits per heavy atom. The summed E-state index contributed by atoms with van der Waals surface area (Å²) in [6.07, 6.45) is 7.08. The number of imide groups is 1. The quantitative estimate of drug-likeness (QED) is 0.126. The molecule has 10 nitrogen and oxygen atoms in total. The molecule has 0 saturated carbocycles. The van der Waals surface area contributed by atoms with Gasteiger partial charge in [-0.1, -0.05) is 91.0 Å². The fourth-order valence-corrected chi connectivity index (χ4v) is 5.68. The van der Waals surface area contributed by atoms with E-state index in [9.17, 15) is 24.0 Å². The highest BCUT2D eigenvalue weighted by Crippen LogP contribution is 2.32. The first-order valence-electron chi connectivity index (χ1n) is 17.3. The van der Waals surface area contributed by atoms with Crippen LogP contribution in [-0.4, -0.2) is 52.2 Å². The summed E-state index contributed by atoms with van der Waals surface area (Å²) in [5.74, 6) is -2.12. The van der Waals surface area contributed by atoms with Gasteiger partial charge in [-0.3, -0.25) is 19.2 Å². The van der Waals surface area contributed by atoms with Gasteiger partial charge >= 0.3 is 6.09 Å². The summed E-state index contributed by atoms with van der Waals surface area (Å²) in [6.45, 7) is 13.7. The number of amides is 4. The van der Waals surface area contributed by atoms with E-state index in [4.69, 9.17) is 21.1 Å². The van der Waals surface area contributed by atoms with Crippen LogP contribution in [0.15, 0.2) is 36.4 Å². The number of rotatable bonds is 17. The molecule has 2 unspecified atom stereocenters. The Labute approximate surface area is 295 Å². The van der Waals surface area contributed by atoms with Crippen molar-refractivity contribution < 1.29 is 33.4 Å². The van der Waals surface area contributed by atoms with E-state index >= 15 is 0 Å². The van der Waals surface area contributed by atoms with Crippen molar-refractivity contribution in [3.8, 4) is 5.75 Å². The number of hydrogen-bond acceptors (Lipinski definition) is 7. The molecule has 2 aromatic rings. The van der Waals surface area contributed by atoms with Crippen LogP contribution in [0, 0.1) is 5.41 Å². The summed E-state index contributed by atoms with van der Waals surface area (Å²) in [5, 5.41) is 5.55. The van der Waals surface area contributed by atoms with Gasteiger partial charge in [-0.2, -0.15) is 0 Å². The van der Waals surface area contributed by atoms with Gasteiger partial charge in [0.25, 0.3) is 17.7 Å². The number of cyclic esters (lactones) is 1. The Morgan fingerprint density at radius 2 is 1.55 bits per heavy atom. The van der Waals surface area contributed by atoms with Crippen molar-refractivity contribution in [2.45, 2.75) is 131 Å². The van der Waals surface area contributed by atoms with E-state index in [0.29, 0.717) is 22.8 Å². The number of hydrogen-bond donors (Lipinski definition) is 2. The number of ether oxygens (including phenoxy) is 2. The molecule has 2 aromatic carbocycles. The number of unbranched alkanes of at least 4 members (excludes halogenated alkanes) is 4. The standard InChI is InChI=1S/C38H52ClN3O7/c1-9-12-14-16-24-18-21-30(25(22-24)17-15-13-10-2)48-29(11-3)33(44)40-26-19-20-27(39)28(23-26)41-34(45)31(32(43)37(4,5)6)42-35(46)38(7,8)49-36(42)47/h18-23,29,31H,9-17H2,1-8H3,(H,40,44)(H,41,45). The first-order chi connectivity index (χ1) is 23.0. The number of ketones is 1. The fourth-order valence-electron chi connectivity index (χ4n) is 5.51. The third kappa shape index (κ3) is 10.3. The molecule has 1 fully saturated rings. The molecule has 2 atom stereocenters. The highest BCUT2D eigenvalue weighted by atomic mass is 35.5. The molecule has 2 N–H and O–H groups in total. The van der Waals surface area contributed by atoms with Gasteiger partial charge in [-0.25, -0.2) is 9.69 Å². The number of aryl methyl sites for hydroxylation is 2. The predicted octanol–water partition coefficient (Wildman–Crippen LogP) is 8.28. The number of halogens is 1. The summed E-state index contributed by atoms with van der Waals surface area (Å²) in [7, 11) is 0. The van der Waals surface area contributed by atoms with Crippen molar-refractivity contribution in [2.75, 3.05) is 10.6 Å². The molecule has 49 heavy (non-hydrogen) atoms. The maximum atomic E-state index is 13.7. The minimum Gasteiger partial charge on any atom is -0.480 e. The maximum absolute atomic E-state index is 13.7. The molecule has 1 aliphatic heterocycles. The fraction of sp³-hybridized carbons (Fsp3) is 0.553. The Bertz CT molecular complexity index is 1530. The van der Waals surface area contributed by atoms with Crippen LogP contribution in [0.5, 0.6) is 5.75 Å². The van der Waals surface area contributed by atoms with Gasteiger partial charge in [-0.15, -0.1) is 0 Å². The van der Waals surface area contributed by atoms with Crippen molar-refractivity contribution >= 4 is 52.6 Å². The monoisotopic (exact) mass is 697 g/mol. The van der Waals surface area contributed by atoms with Gasteiger partial charge < -0.3 is 20.1 Å². The van der Waals surface area contributed by atoms with Gasteiger partial charge in [-0.05, 0) is 81.3 Å². The van der Waals surface area contributed by atoms with Gasteiger partial charge in [0.2, 0.25) is 0 Å². The third-order valence-corrected chi connectivity index (χ3v) is 8.76. The van der Waals surface area contributed by atoms with Crippen LogP contribution in [0.3, 0.4) is 0 Å². The summed E-state index contributed by atoms with van der Waals surface area (Å²) >= 11 is 6.42. The molecule has 0 radical (unpaired) electrons. The Kier molecular flexibility index (Phi) is 13.8. The van der Waals surface area contributed by atoms with Crippen LogP contribution in [-0.2, 0) is 36.8 Å². The molecule has 0 bridgehead atoms. The minimum atomic E-state index is -1.81. The van der Waals surface area contributed by atoms with E-state index in [-0.39, 0.29) is 16.6 Å². The van der Waals surface area contributed by atoms with Crippen molar-refractivity contribution in [3.63, 3.8) is 0 Å². The van der Waals surface area contributed by atoms with E-state index in [1.807, 2.05) is 13.0 Å². The van der Waals surface area contributed by atoms with Crippen molar-refractivity contribution in [3.05, 3.63) is 52.5 Å². The second-order valence-electron chi connectivity index (χ2n) is 14.1. The molecule has 0 aliphatic carbocycles. The van der Waals surface area contributed by atoms with E-state index in [1.54, 1.807) is 26.8 Å². The number of carbonyl (C=O) groups excluding carboxylic acids is 5. The Morgan fingerprint density at radius 3 is 2.12 bits per heavy atom. The Balaban J connectivity index is 1.82. The number of nitrogens with one attached hydrogen (secondary N) is 2. The van der Waals surface area contributed by atoms with Crippen LogP contribution in [0.4, 0.5) is 16.2 Å². The average molecular weight is 698 g/mol. The topological polar surface area (TPSA) is 131 Å². The SMILES string of the molecule is CCCCCc1ccc(OC(CC)C(=O)Nc2ccc(Cl)c(NC(=O)C(C(=O)C(C)(C)C)N3C(=O)OC(C)(C)C3=O)c2)c(CCCCC)c1. The van der Waals surface area contributed by atoms with Crippen LogP contribution in [0.25, 0.3) is 0 Å². The largest absolute Gasteiger partial charge is 0.480 e. The molecule has 11 heteroatoms. The molecular weight excluding hydrogens is 646 g/mol. The van der Waals surface area contributed by atoms with Crippen molar-refractivity contribution in [1.82, 2.24) is 4.90 Å². The zero-order chi connectivity index (χ0) is 36.5. The number of anilines is 2. The van der Waals surface area contributed by atoms with Crippen molar-refractivity contribution in [1.29, 1.82) is 0 Å². The Hall–Kier alpha value is -3.92. The van der Waals surface area contributed by atoms with Crippen LogP contribution >= 0.6 is 11.6 Å². The zero-order valence-corrected chi connectivity index (χ0v) is 30.9. The third-order valence-electron chi connectivity index (χ3n) is 8.43. The lowest BCUT2D eigenvalue weighted by molar-refractivity contribution is -0.145. The predicted molar refractivity (Wildman–Crippen MR) is 192 cm³/mol. The zero-order valence-electron chi connectivity index (χ0n) is 30.2. The van der Waals surface area contributed by atoms with Gasteiger partial charge in [0, 0.05) is 11.1 Å². The minimum absolute atomic E-state index is 0.0706. The smallest absolute Gasteiger partial charge is 0.418 e. The van der Waals surface area contributed by atoms with Crippen LogP contribution in [0.1, 0.15) is 111 Å². The number of Topliss-reactive ketones (excluding diaryl/α,β-unsaturated/α-hetero) is 1. The number of nitrogens with zero attached hydrogens (tertiary/aromatic N) is 1. The summed E-state index contributed by atoms with van der Waals surface area (Å²) in [4.78, 5) is 66.9. The summed E-state index contributed by atoms with van der Waals surface area (Å²) in [6, 6.07) is 8.93. The van der Waals surface area contributed by atoms with Gasteiger partial charge in [0.05, 0.1) is 10.7 Å². The lowest BCUT2D eigenvalue weighted by Crippen LogP contribution is -2.55. The lowest BCUT2D eigenvalue weighted by Gasteiger charge is -2.28. The molecule has 0 aromatic heterocycles. The first kappa shape index (κ1) is 39.5. The highest BCUT2D eigenvalue weighted by molar-refractivity contribution is 6.34. The molecule has 3 rings (SSSR count). The van der Waals surface area contributed by atoms with E-state index in [2.05, 4.69) is 36.6 Å². The van der Waals surface area contributed by atoms with Crippen molar-refractivity contribution in [2.24, 2.45) is 5.41 Å². The first-order valence-corrected chi connectivity index (χ1v) is 17.7. The van der Waals surface area contributed by atoms with E-state index in [0.717, 1.165) is 50.5 Å². The van der Waals surface area contributed by atoms with E-state index < -0.39 is 46.9 Å². The highest BCUT2D eigenvalue weighted by Gasteiger charge is 2.55. The van der Waals surface area contributed by atoms with Crippen LogP contribution in [0.2, 0.25) is 5.02 Å². The number of benzene rings is 2. The lowest BCUT2D eigenvalue weighted by atomic mass is 9.85. The summed E-state index contributed by atoms with van der Waals surface area (Å²) < 4.78 is 11.5. The normalized spacial score (nSPS) is 15.4. The van der Waals surface area contributed by atoms with Gasteiger partial charge in [0.15, 0.2) is 23.5 Å². The molecule has 1 aliphatic rings. The molecule has 1 heterocycles. The maximum Gasteiger partial charge on any atom is 0.418 e. The molecule has 268 valence electrons. The van der Waals surface area contributed by atoms with Gasteiger partial charge in [0.1, 0.15) is 5.75 Å². The van der Waals surface area contributed by atoms with E-state index in [1.165, 1.54) is 38.0 Å². The molecule has 4 amide bonds. The summed E-state index contributed by atoms with van der Waals surface area (Å²) in [5.41, 5.74) is 0.115. The average Bonchev–Trinajstić information content (AvgIpc) is 3.23. The number of carbonyl (C=O) groups is 5.